The molecule has 25 heavy (non-hydrogen) atoms. The Morgan fingerprint density at radius 2 is 1.96 bits per heavy atom. The van der Waals surface area contributed by atoms with Crippen molar-refractivity contribution in [2.24, 2.45) is 0 Å². The lowest BCUT2D eigenvalue weighted by Gasteiger charge is -2.21. The molecular formula is C20H15N3O2. The average Bonchev–Trinajstić information content (AvgIpc) is 2.66. The van der Waals surface area contributed by atoms with E-state index in [9.17, 15) is 10.1 Å². The van der Waals surface area contributed by atoms with Crippen LogP contribution in [0.15, 0.2) is 66.9 Å². The molecule has 1 aliphatic heterocycles. The lowest BCUT2D eigenvalue weighted by atomic mass is 10.0. The number of nitrogens with zero attached hydrogens (tertiary/aromatic N) is 2. The van der Waals surface area contributed by atoms with E-state index in [-0.39, 0.29) is 11.7 Å². The van der Waals surface area contributed by atoms with E-state index in [0.717, 1.165) is 27.7 Å². The maximum absolute atomic E-state index is 10.7. The second-order valence-corrected chi connectivity index (χ2v) is 5.84. The fraction of sp³-hybridized carbons (Fsp3) is 0.0500. The molecule has 0 radical (unpaired) electrons. The molecule has 2 aromatic carbocycles. The van der Waals surface area contributed by atoms with Gasteiger partial charge in [-0.25, -0.2) is 0 Å². The molecule has 122 valence electrons. The zero-order valence-electron chi connectivity index (χ0n) is 13.3. The molecule has 3 aromatic rings. The highest BCUT2D eigenvalue weighted by Gasteiger charge is 2.13. The van der Waals surface area contributed by atoms with E-state index >= 15 is 0 Å². The first kappa shape index (κ1) is 15.1. The van der Waals surface area contributed by atoms with Gasteiger partial charge in [0.1, 0.15) is 0 Å². The highest BCUT2D eigenvalue weighted by molar-refractivity contribution is 5.97. The molecule has 1 aliphatic rings. The number of anilines is 1. The van der Waals surface area contributed by atoms with Crippen LogP contribution in [0.5, 0.6) is 0 Å². The number of hydrogen-bond acceptors (Lipinski definition) is 4. The lowest BCUT2D eigenvalue weighted by Crippen LogP contribution is -2.17. The highest BCUT2D eigenvalue weighted by Crippen LogP contribution is 2.31. The van der Waals surface area contributed by atoms with Gasteiger partial charge in [0.05, 0.1) is 22.2 Å². The quantitative estimate of drug-likeness (QED) is 0.560. The van der Waals surface area contributed by atoms with Crippen LogP contribution in [0.25, 0.3) is 23.1 Å². The van der Waals surface area contributed by atoms with E-state index < -0.39 is 4.92 Å². The maximum atomic E-state index is 10.7. The smallest absolute Gasteiger partial charge is 0.269 e. The van der Waals surface area contributed by atoms with E-state index in [1.807, 2.05) is 24.3 Å². The molecule has 0 saturated carbocycles. The maximum Gasteiger partial charge on any atom is 0.269 e. The Kier molecular flexibility index (Phi) is 3.74. The van der Waals surface area contributed by atoms with E-state index in [1.54, 1.807) is 18.3 Å². The van der Waals surface area contributed by atoms with Gasteiger partial charge in [-0.15, -0.1) is 0 Å². The summed E-state index contributed by atoms with van der Waals surface area (Å²) < 4.78 is 0. The van der Waals surface area contributed by atoms with Crippen molar-refractivity contribution in [2.45, 2.75) is 6.04 Å². The zero-order valence-corrected chi connectivity index (χ0v) is 13.3. The van der Waals surface area contributed by atoms with Gasteiger partial charge in [0, 0.05) is 23.7 Å². The summed E-state index contributed by atoms with van der Waals surface area (Å²) in [6, 6.07) is 14.6. The van der Waals surface area contributed by atoms with Crippen molar-refractivity contribution in [3.05, 3.63) is 88.1 Å². The van der Waals surface area contributed by atoms with Crippen LogP contribution < -0.4 is 5.32 Å². The average molecular weight is 329 g/mol. The van der Waals surface area contributed by atoms with Crippen LogP contribution in [0, 0.1) is 10.1 Å². The van der Waals surface area contributed by atoms with Crippen molar-refractivity contribution in [1.82, 2.24) is 4.98 Å². The van der Waals surface area contributed by atoms with Gasteiger partial charge in [-0.1, -0.05) is 30.4 Å². The van der Waals surface area contributed by atoms with Gasteiger partial charge < -0.3 is 5.32 Å². The van der Waals surface area contributed by atoms with Crippen molar-refractivity contribution in [3.63, 3.8) is 0 Å². The molecule has 0 fully saturated rings. The minimum atomic E-state index is -0.394. The normalized spacial score (nSPS) is 15.9. The first-order valence-corrected chi connectivity index (χ1v) is 7.96. The Balaban J connectivity index is 1.58. The van der Waals surface area contributed by atoms with E-state index in [0.29, 0.717) is 0 Å². The topological polar surface area (TPSA) is 68.1 Å². The second-order valence-electron chi connectivity index (χ2n) is 5.84. The number of nitro benzene ring substituents is 1. The highest BCUT2D eigenvalue weighted by atomic mass is 16.6. The van der Waals surface area contributed by atoms with Crippen molar-refractivity contribution in [1.29, 1.82) is 0 Å². The number of fused-ring (bicyclic) bond motifs is 3. The molecule has 0 amide bonds. The van der Waals surface area contributed by atoms with Crippen molar-refractivity contribution < 1.29 is 4.92 Å². The minimum Gasteiger partial charge on any atom is -0.374 e. The summed E-state index contributed by atoms with van der Waals surface area (Å²) in [5.74, 6) is 0. The molecule has 2 heterocycles. The van der Waals surface area contributed by atoms with Gasteiger partial charge in [0.15, 0.2) is 0 Å². The van der Waals surface area contributed by atoms with Gasteiger partial charge >= 0.3 is 0 Å². The van der Waals surface area contributed by atoms with Crippen LogP contribution in [0.3, 0.4) is 0 Å². The number of hydrogen-bond donors (Lipinski definition) is 1. The van der Waals surface area contributed by atoms with Crippen molar-refractivity contribution in [2.75, 3.05) is 5.32 Å². The number of aromatic nitrogens is 1. The predicted octanol–water partition coefficient (Wildman–Crippen LogP) is 4.66. The standard InChI is InChI=1S/C20H15N3O2/c24-23(25)17-10-4-14(5-11-17)3-8-16-9-6-15-7-12-19-18(20(15)22-16)2-1-13-21-19/h1-13,16,22H/b8-3+. The number of benzene rings is 2. The zero-order chi connectivity index (χ0) is 17.2. The first-order valence-electron chi connectivity index (χ1n) is 7.96. The van der Waals surface area contributed by atoms with Gasteiger partial charge in [0.2, 0.25) is 0 Å². The van der Waals surface area contributed by atoms with Crippen LogP contribution in [0.4, 0.5) is 11.4 Å². The molecule has 5 nitrogen and oxygen atoms in total. The molecule has 1 aromatic heterocycles. The third kappa shape index (κ3) is 2.99. The fourth-order valence-corrected chi connectivity index (χ4v) is 2.93. The Labute approximate surface area is 144 Å². The summed E-state index contributed by atoms with van der Waals surface area (Å²) in [5, 5.41) is 15.3. The van der Waals surface area contributed by atoms with E-state index in [2.05, 4.69) is 34.6 Å². The number of nitrogens with one attached hydrogen (secondary N) is 1. The van der Waals surface area contributed by atoms with Crippen molar-refractivity contribution >= 4 is 34.4 Å². The second kappa shape index (κ2) is 6.20. The third-order valence-corrected chi connectivity index (χ3v) is 4.21. The number of nitro groups is 1. The molecule has 1 N–H and O–H groups in total. The first-order chi connectivity index (χ1) is 12.2. The van der Waals surface area contributed by atoms with E-state index in [1.165, 1.54) is 12.1 Å². The van der Waals surface area contributed by atoms with Gasteiger partial charge in [0.25, 0.3) is 5.69 Å². The van der Waals surface area contributed by atoms with Crippen LogP contribution in [0.1, 0.15) is 11.1 Å². The molecule has 0 aliphatic carbocycles. The largest absolute Gasteiger partial charge is 0.374 e. The number of non-ortho nitro benzene ring substituents is 1. The summed E-state index contributed by atoms with van der Waals surface area (Å²) in [5.41, 5.74) is 4.20. The Morgan fingerprint density at radius 3 is 2.76 bits per heavy atom. The van der Waals surface area contributed by atoms with Crippen LogP contribution >= 0.6 is 0 Å². The summed E-state index contributed by atoms with van der Waals surface area (Å²) in [6.45, 7) is 0. The summed E-state index contributed by atoms with van der Waals surface area (Å²) in [7, 11) is 0. The summed E-state index contributed by atoms with van der Waals surface area (Å²) >= 11 is 0. The van der Waals surface area contributed by atoms with E-state index in [4.69, 9.17) is 0 Å². The monoisotopic (exact) mass is 329 g/mol. The Morgan fingerprint density at radius 1 is 1.12 bits per heavy atom. The number of pyridine rings is 1. The van der Waals surface area contributed by atoms with Gasteiger partial charge in [-0.3, -0.25) is 15.1 Å². The SMILES string of the molecule is O=[N+]([O-])c1ccc(/C=C/C2C=Cc3ccc4ncccc4c3N2)cc1. The summed E-state index contributed by atoms with van der Waals surface area (Å²) in [4.78, 5) is 14.7. The van der Waals surface area contributed by atoms with Crippen LogP contribution in [-0.2, 0) is 0 Å². The molecule has 0 bridgehead atoms. The predicted molar refractivity (Wildman–Crippen MR) is 100 cm³/mol. The molecule has 0 saturated heterocycles. The lowest BCUT2D eigenvalue weighted by molar-refractivity contribution is -0.384. The van der Waals surface area contributed by atoms with Crippen molar-refractivity contribution in [3.8, 4) is 0 Å². The third-order valence-electron chi connectivity index (χ3n) is 4.21. The molecular weight excluding hydrogens is 314 g/mol. The van der Waals surface area contributed by atoms with Gasteiger partial charge in [-0.05, 0) is 41.5 Å². The van der Waals surface area contributed by atoms with Crippen LogP contribution in [0.2, 0.25) is 0 Å². The Bertz CT molecular complexity index is 1010. The molecule has 5 heteroatoms. The van der Waals surface area contributed by atoms with Gasteiger partial charge in [-0.2, -0.15) is 0 Å². The fourth-order valence-electron chi connectivity index (χ4n) is 2.93. The minimum absolute atomic E-state index is 0.0495. The Hall–Kier alpha value is -3.47. The molecule has 1 atom stereocenters. The molecule has 4 rings (SSSR count). The molecule has 1 unspecified atom stereocenters. The summed E-state index contributed by atoms with van der Waals surface area (Å²) in [6.07, 6.45) is 9.98. The number of rotatable bonds is 3. The molecule has 0 spiro atoms. The van der Waals surface area contributed by atoms with Crippen LogP contribution in [-0.4, -0.2) is 15.9 Å².